The number of halogens is 3. The summed E-state index contributed by atoms with van der Waals surface area (Å²) in [5, 5.41) is 8.88. The van der Waals surface area contributed by atoms with E-state index in [1.807, 2.05) is 0 Å². The summed E-state index contributed by atoms with van der Waals surface area (Å²) in [6, 6.07) is 1.92. The number of rotatable bonds is 2. The molecule has 1 aromatic carbocycles. The molecule has 0 spiro atoms. The molecule has 0 radical (unpaired) electrons. The predicted molar refractivity (Wildman–Crippen MR) is 58.9 cm³/mol. The first kappa shape index (κ1) is 12.3. The molecule has 1 unspecified atom stereocenters. The van der Waals surface area contributed by atoms with E-state index in [4.69, 9.17) is 16.7 Å². The van der Waals surface area contributed by atoms with Gasteiger partial charge >= 0.3 is 0 Å². The maximum absolute atomic E-state index is 13.6. The van der Waals surface area contributed by atoms with Crippen LogP contribution in [-0.2, 0) is 4.79 Å². The number of carbonyl (C=O) groups excluding carboxylic acids is 1. The van der Waals surface area contributed by atoms with Crippen LogP contribution in [0.15, 0.2) is 12.1 Å². The molecule has 1 atom stereocenters. The van der Waals surface area contributed by atoms with Gasteiger partial charge in [-0.1, -0.05) is 11.6 Å². The summed E-state index contributed by atoms with van der Waals surface area (Å²) >= 11 is 5.50. The highest BCUT2D eigenvalue weighted by atomic mass is 35.5. The van der Waals surface area contributed by atoms with Crippen LogP contribution in [0.25, 0.3) is 0 Å². The zero-order valence-corrected chi connectivity index (χ0v) is 9.55. The summed E-state index contributed by atoms with van der Waals surface area (Å²) in [7, 11) is 0. The first-order valence-electron chi connectivity index (χ1n) is 5.08. The Morgan fingerprint density at radius 2 is 2.00 bits per heavy atom. The maximum Gasteiger partial charge on any atom is 0.227 e. The van der Waals surface area contributed by atoms with Gasteiger partial charge in [-0.15, -0.1) is 0 Å². The number of anilines is 1. The Bertz CT molecular complexity index is 444. The molecule has 3 nitrogen and oxygen atoms in total. The highest BCUT2D eigenvalue weighted by Gasteiger charge is 2.33. The Kier molecular flexibility index (Phi) is 3.31. The lowest BCUT2D eigenvalue weighted by Crippen LogP contribution is -2.27. The van der Waals surface area contributed by atoms with Crippen molar-refractivity contribution in [2.45, 2.75) is 6.42 Å². The molecule has 2 rings (SSSR count). The van der Waals surface area contributed by atoms with Crippen LogP contribution in [0, 0.1) is 17.6 Å². The van der Waals surface area contributed by atoms with Gasteiger partial charge < -0.3 is 10.0 Å². The average Bonchev–Trinajstić information content (AvgIpc) is 2.59. The Labute approximate surface area is 102 Å². The van der Waals surface area contributed by atoms with Crippen molar-refractivity contribution < 1.29 is 18.7 Å². The Balaban J connectivity index is 2.38. The number of amides is 1. The highest BCUT2D eigenvalue weighted by molar-refractivity contribution is 6.30. The lowest BCUT2D eigenvalue weighted by atomic mass is 10.1. The number of carbonyl (C=O) groups is 1. The Hall–Kier alpha value is -1.20. The minimum absolute atomic E-state index is 0.0610. The van der Waals surface area contributed by atoms with E-state index < -0.39 is 23.2 Å². The van der Waals surface area contributed by atoms with Crippen LogP contribution in [0.4, 0.5) is 14.5 Å². The van der Waals surface area contributed by atoms with E-state index in [-0.39, 0.29) is 30.5 Å². The lowest BCUT2D eigenvalue weighted by molar-refractivity contribution is -0.117. The first-order valence-corrected chi connectivity index (χ1v) is 5.46. The molecule has 6 heteroatoms. The largest absolute Gasteiger partial charge is 0.396 e. The van der Waals surface area contributed by atoms with Crippen molar-refractivity contribution in [1.29, 1.82) is 0 Å². The third-order valence-electron chi connectivity index (χ3n) is 2.71. The lowest BCUT2D eigenvalue weighted by Gasteiger charge is -2.18. The minimum Gasteiger partial charge on any atom is -0.396 e. The van der Waals surface area contributed by atoms with Gasteiger partial charge in [0, 0.05) is 30.5 Å². The fraction of sp³-hybridized carbons (Fsp3) is 0.364. The Morgan fingerprint density at radius 1 is 1.41 bits per heavy atom. The van der Waals surface area contributed by atoms with Crippen LogP contribution in [0.3, 0.4) is 0 Å². The number of aliphatic hydroxyl groups is 1. The molecule has 1 aliphatic heterocycles. The quantitative estimate of drug-likeness (QED) is 0.884. The predicted octanol–water partition coefficient (Wildman–Crippen LogP) is 1.96. The van der Waals surface area contributed by atoms with Gasteiger partial charge in [0.1, 0.15) is 5.69 Å². The molecule has 1 fully saturated rings. The zero-order valence-electron chi connectivity index (χ0n) is 8.79. The van der Waals surface area contributed by atoms with Crippen LogP contribution in [0.5, 0.6) is 0 Å². The van der Waals surface area contributed by atoms with Crippen LogP contribution in [0.2, 0.25) is 5.02 Å². The number of hydrogen-bond acceptors (Lipinski definition) is 2. The molecule has 92 valence electrons. The number of hydrogen-bond donors (Lipinski definition) is 1. The second-order valence-electron chi connectivity index (χ2n) is 3.98. The van der Waals surface area contributed by atoms with Gasteiger partial charge in [0.05, 0.1) is 0 Å². The minimum atomic E-state index is -0.873. The Morgan fingerprint density at radius 3 is 2.47 bits per heavy atom. The first-order chi connectivity index (χ1) is 8.02. The molecule has 1 amide bonds. The van der Waals surface area contributed by atoms with Crippen LogP contribution < -0.4 is 4.90 Å². The summed E-state index contributed by atoms with van der Waals surface area (Å²) in [6.07, 6.45) is 0.0952. The smallest absolute Gasteiger partial charge is 0.227 e. The number of nitrogens with zero attached hydrogens (tertiary/aromatic N) is 1. The van der Waals surface area contributed by atoms with E-state index in [1.54, 1.807) is 0 Å². The second-order valence-corrected chi connectivity index (χ2v) is 4.41. The van der Waals surface area contributed by atoms with E-state index in [0.29, 0.717) is 0 Å². The standard InChI is InChI=1S/C11H10ClF2NO2/c12-7-2-8(13)11(9(14)3-7)15-4-6(5-16)1-10(15)17/h2-3,6,16H,1,4-5H2. The molecule has 1 N–H and O–H groups in total. The third kappa shape index (κ3) is 2.25. The molecule has 1 aliphatic rings. The van der Waals surface area contributed by atoms with Crippen LogP contribution >= 0.6 is 11.6 Å². The van der Waals surface area contributed by atoms with E-state index >= 15 is 0 Å². The monoisotopic (exact) mass is 261 g/mol. The normalized spacial score (nSPS) is 20.1. The van der Waals surface area contributed by atoms with Crippen molar-refractivity contribution in [2.75, 3.05) is 18.1 Å². The third-order valence-corrected chi connectivity index (χ3v) is 2.93. The summed E-state index contributed by atoms with van der Waals surface area (Å²) in [5.74, 6) is -2.43. The van der Waals surface area contributed by atoms with Crippen molar-refractivity contribution in [3.63, 3.8) is 0 Å². The fourth-order valence-electron chi connectivity index (χ4n) is 1.91. The molecule has 0 aliphatic carbocycles. The van der Waals surface area contributed by atoms with E-state index in [0.717, 1.165) is 17.0 Å². The van der Waals surface area contributed by atoms with Gasteiger partial charge in [-0.3, -0.25) is 4.79 Å². The van der Waals surface area contributed by atoms with Crippen molar-refractivity contribution >= 4 is 23.2 Å². The van der Waals surface area contributed by atoms with Gasteiger partial charge in [0.2, 0.25) is 5.91 Å². The van der Waals surface area contributed by atoms with E-state index in [1.165, 1.54) is 0 Å². The van der Waals surface area contributed by atoms with Gasteiger partial charge in [-0.2, -0.15) is 0 Å². The zero-order chi connectivity index (χ0) is 12.6. The van der Waals surface area contributed by atoms with Crippen LogP contribution in [-0.4, -0.2) is 24.2 Å². The fourth-order valence-corrected chi connectivity index (χ4v) is 2.10. The van der Waals surface area contributed by atoms with Gasteiger partial charge in [-0.25, -0.2) is 8.78 Å². The average molecular weight is 262 g/mol. The van der Waals surface area contributed by atoms with Crippen LogP contribution in [0.1, 0.15) is 6.42 Å². The van der Waals surface area contributed by atoms with Crippen molar-refractivity contribution in [3.8, 4) is 0 Å². The van der Waals surface area contributed by atoms with Crippen molar-refractivity contribution in [1.82, 2.24) is 0 Å². The summed E-state index contributed by atoms with van der Waals surface area (Å²) in [5.41, 5.74) is -0.393. The summed E-state index contributed by atoms with van der Waals surface area (Å²) in [6.45, 7) is -0.0656. The molecule has 0 aromatic heterocycles. The van der Waals surface area contributed by atoms with Gasteiger partial charge in [0.15, 0.2) is 11.6 Å². The second kappa shape index (κ2) is 4.58. The van der Waals surface area contributed by atoms with Gasteiger partial charge in [-0.05, 0) is 12.1 Å². The number of benzene rings is 1. The summed E-state index contributed by atoms with van der Waals surface area (Å²) < 4.78 is 27.2. The summed E-state index contributed by atoms with van der Waals surface area (Å²) in [4.78, 5) is 12.6. The molecule has 1 aromatic rings. The van der Waals surface area contributed by atoms with E-state index in [2.05, 4.69) is 0 Å². The SMILES string of the molecule is O=C1CC(CO)CN1c1c(F)cc(Cl)cc1F. The molecule has 1 saturated heterocycles. The highest BCUT2D eigenvalue weighted by Crippen LogP contribution is 2.31. The van der Waals surface area contributed by atoms with Crippen molar-refractivity contribution in [2.24, 2.45) is 5.92 Å². The number of aliphatic hydroxyl groups excluding tert-OH is 1. The maximum atomic E-state index is 13.6. The molecule has 0 bridgehead atoms. The molecule has 1 heterocycles. The molecular weight excluding hydrogens is 252 g/mol. The topological polar surface area (TPSA) is 40.5 Å². The molecule has 17 heavy (non-hydrogen) atoms. The molecular formula is C11H10ClF2NO2. The molecule has 0 saturated carbocycles. The van der Waals surface area contributed by atoms with Crippen molar-refractivity contribution in [3.05, 3.63) is 28.8 Å². The van der Waals surface area contributed by atoms with E-state index in [9.17, 15) is 13.6 Å². The van der Waals surface area contributed by atoms with Gasteiger partial charge in [0.25, 0.3) is 0 Å².